The molecule has 18 heavy (non-hydrogen) atoms. The second-order valence-corrected chi connectivity index (χ2v) is 4.78. The fourth-order valence-corrected chi connectivity index (χ4v) is 1.90. The van der Waals surface area contributed by atoms with Crippen LogP contribution in [0.1, 0.15) is 26.0 Å². The van der Waals surface area contributed by atoms with Crippen molar-refractivity contribution in [2.75, 3.05) is 0 Å². The van der Waals surface area contributed by atoms with Crippen molar-refractivity contribution in [2.45, 2.75) is 26.8 Å². The maximum absolute atomic E-state index is 12.4. The summed E-state index contributed by atoms with van der Waals surface area (Å²) in [6.45, 7) is 1.75. The van der Waals surface area contributed by atoms with Gasteiger partial charge in [0.15, 0.2) is 0 Å². The van der Waals surface area contributed by atoms with E-state index in [1.807, 2.05) is 24.3 Å². The zero-order chi connectivity index (χ0) is 13.1. The number of halogens is 2. The molecule has 0 saturated carbocycles. The van der Waals surface area contributed by atoms with E-state index in [2.05, 4.69) is 18.9 Å². The molecule has 0 amide bonds. The maximum atomic E-state index is 12.4. The van der Waals surface area contributed by atoms with E-state index >= 15 is 0 Å². The second-order valence-electron chi connectivity index (χ2n) is 4.78. The third-order valence-electron chi connectivity index (χ3n) is 2.73. The molecule has 0 unspecified atom stereocenters. The summed E-state index contributed by atoms with van der Waals surface area (Å²) in [5, 5.41) is 3.63. The Bertz CT molecular complexity index is 501. The summed E-state index contributed by atoms with van der Waals surface area (Å²) in [6, 6.07) is 7.97. The van der Waals surface area contributed by atoms with Gasteiger partial charge in [-0.1, -0.05) is 38.1 Å². The Morgan fingerprint density at radius 2 is 1.78 bits per heavy atom. The summed E-state index contributed by atoms with van der Waals surface area (Å²) in [5.41, 5.74) is 2.89. The fraction of sp³-hybridized carbons (Fsp3) is 0.357. The van der Waals surface area contributed by atoms with Crippen LogP contribution in [0.25, 0.3) is 11.1 Å². The summed E-state index contributed by atoms with van der Waals surface area (Å²) in [6.07, 6.45) is 3.85. The van der Waals surface area contributed by atoms with Gasteiger partial charge >= 0.3 is 6.55 Å². The molecule has 0 N–H and O–H groups in total. The summed E-state index contributed by atoms with van der Waals surface area (Å²) >= 11 is 0. The molecule has 0 atom stereocenters. The smallest absolute Gasteiger partial charge is 0.211 e. The number of hydrogen-bond donors (Lipinski definition) is 0. The van der Waals surface area contributed by atoms with E-state index in [0.29, 0.717) is 16.2 Å². The predicted octanol–water partition coefficient (Wildman–Crippen LogP) is 4.14. The van der Waals surface area contributed by atoms with Crippen LogP contribution in [0.5, 0.6) is 0 Å². The lowest BCUT2D eigenvalue weighted by Gasteiger charge is -2.05. The van der Waals surface area contributed by atoms with Gasteiger partial charge in [0.05, 0.1) is 6.20 Å². The van der Waals surface area contributed by atoms with Gasteiger partial charge in [0, 0.05) is 11.8 Å². The van der Waals surface area contributed by atoms with E-state index < -0.39 is 6.55 Å². The van der Waals surface area contributed by atoms with Crippen LogP contribution in [0.15, 0.2) is 36.7 Å². The maximum Gasteiger partial charge on any atom is 0.333 e. The van der Waals surface area contributed by atoms with Gasteiger partial charge in [-0.3, -0.25) is 0 Å². The highest BCUT2D eigenvalue weighted by atomic mass is 19.3. The average molecular weight is 250 g/mol. The molecule has 1 aromatic heterocycles. The summed E-state index contributed by atoms with van der Waals surface area (Å²) in [7, 11) is 0. The minimum atomic E-state index is -2.58. The largest absolute Gasteiger partial charge is 0.333 e. The van der Waals surface area contributed by atoms with Gasteiger partial charge in [0.2, 0.25) is 0 Å². The highest BCUT2D eigenvalue weighted by Gasteiger charge is 2.08. The highest BCUT2D eigenvalue weighted by molar-refractivity contribution is 5.61. The quantitative estimate of drug-likeness (QED) is 0.797. The number of aromatic nitrogens is 2. The van der Waals surface area contributed by atoms with Crippen molar-refractivity contribution in [2.24, 2.45) is 5.92 Å². The first-order valence-corrected chi connectivity index (χ1v) is 5.98. The lowest BCUT2D eigenvalue weighted by molar-refractivity contribution is 0.0566. The van der Waals surface area contributed by atoms with Crippen LogP contribution >= 0.6 is 0 Å². The van der Waals surface area contributed by atoms with Crippen molar-refractivity contribution in [3.8, 4) is 11.1 Å². The Kier molecular flexibility index (Phi) is 3.75. The number of nitrogens with zero attached hydrogens (tertiary/aromatic N) is 2. The third kappa shape index (κ3) is 2.94. The van der Waals surface area contributed by atoms with E-state index in [1.54, 1.807) is 0 Å². The number of hydrogen-bond acceptors (Lipinski definition) is 1. The molecule has 0 spiro atoms. The van der Waals surface area contributed by atoms with E-state index in [1.165, 1.54) is 18.0 Å². The van der Waals surface area contributed by atoms with E-state index in [9.17, 15) is 8.78 Å². The zero-order valence-corrected chi connectivity index (χ0v) is 10.5. The standard InChI is InChI=1S/C14H16F2N2/c1-10(2)7-11-3-5-12(6-4-11)13-8-17-18(9-13)14(15)16/h3-6,8-10,14H,7H2,1-2H3. The Morgan fingerprint density at radius 1 is 1.11 bits per heavy atom. The van der Waals surface area contributed by atoms with Crippen molar-refractivity contribution < 1.29 is 8.78 Å². The Morgan fingerprint density at radius 3 is 2.28 bits per heavy atom. The Hall–Kier alpha value is -1.71. The van der Waals surface area contributed by atoms with Crippen LogP contribution in [0.3, 0.4) is 0 Å². The summed E-state index contributed by atoms with van der Waals surface area (Å²) in [5.74, 6) is 0.609. The number of alkyl halides is 2. The lowest BCUT2D eigenvalue weighted by Crippen LogP contribution is -1.96. The summed E-state index contributed by atoms with van der Waals surface area (Å²) < 4.78 is 25.5. The van der Waals surface area contributed by atoms with Crippen LogP contribution in [-0.4, -0.2) is 9.78 Å². The molecule has 0 bridgehead atoms. The molecule has 1 heterocycles. The average Bonchev–Trinajstić information content (AvgIpc) is 2.78. The molecule has 1 aromatic carbocycles. The Balaban J connectivity index is 2.17. The van der Waals surface area contributed by atoms with Crippen LogP contribution in [0.2, 0.25) is 0 Å². The monoisotopic (exact) mass is 250 g/mol. The van der Waals surface area contributed by atoms with Crippen molar-refractivity contribution >= 4 is 0 Å². The van der Waals surface area contributed by atoms with Gasteiger partial charge < -0.3 is 0 Å². The topological polar surface area (TPSA) is 17.8 Å². The SMILES string of the molecule is CC(C)Cc1ccc(-c2cnn(C(F)F)c2)cc1. The van der Waals surface area contributed by atoms with Crippen molar-refractivity contribution in [1.29, 1.82) is 0 Å². The summed E-state index contributed by atoms with van der Waals surface area (Å²) in [4.78, 5) is 0. The molecule has 0 radical (unpaired) electrons. The zero-order valence-electron chi connectivity index (χ0n) is 10.5. The Labute approximate surface area is 105 Å². The minimum Gasteiger partial charge on any atom is -0.211 e. The fourth-order valence-electron chi connectivity index (χ4n) is 1.90. The lowest BCUT2D eigenvalue weighted by atomic mass is 10.0. The van der Waals surface area contributed by atoms with Gasteiger partial charge in [-0.05, 0) is 23.5 Å². The molecule has 2 nitrogen and oxygen atoms in total. The molecule has 0 fully saturated rings. The molecule has 0 aliphatic carbocycles. The molecule has 2 rings (SSSR count). The normalized spacial score (nSPS) is 11.4. The first kappa shape index (κ1) is 12.7. The van der Waals surface area contributed by atoms with Gasteiger partial charge in [-0.2, -0.15) is 13.9 Å². The molecule has 0 saturated heterocycles. The van der Waals surface area contributed by atoms with Gasteiger partial charge in [0.1, 0.15) is 0 Å². The van der Waals surface area contributed by atoms with Crippen LogP contribution in [-0.2, 0) is 6.42 Å². The van der Waals surface area contributed by atoms with E-state index in [-0.39, 0.29) is 0 Å². The van der Waals surface area contributed by atoms with Gasteiger partial charge in [-0.25, -0.2) is 4.68 Å². The molecular weight excluding hydrogens is 234 g/mol. The molecule has 96 valence electrons. The molecule has 2 aromatic rings. The van der Waals surface area contributed by atoms with E-state index in [4.69, 9.17) is 0 Å². The van der Waals surface area contributed by atoms with Gasteiger partial charge in [0.25, 0.3) is 0 Å². The molecule has 4 heteroatoms. The molecule has 0 aliphatic rings. The van der Waals surface area contributed by atoms with Crippen molar-refractivity contribution in [3.05, 3.63) is 42.2 Å². The second kappa shape index (κ2) is 5.29. The molecule has 0 aliphatic heterocycles. The van der Waals surface area contributed by atoms with Crippen molar-refractivity contribution in [3.63, 3.8) is 0 Å². The van der Waals surface area contributed by atoms with Crippen LogP contribution in [0.4, 0.5) is 8.78 Å². The van der Waals surface area contributed by atoms with E-state index in [0.717, 1.165) is 12.0 Å². The highest BCUT2D eigenvalue weighted by Crippen LogP contribution is 2.22. The number of rotatable bonds is 4. The van der Waals surface area contributed by atoms with Crippen LogP contribution < -0.4 is 0 Å². The first-order chi connectivity index (χ1) is 8.56. The predicted molar refractivity (Wildman–Crippen MR) is 67.5 cm³/mol. The van der Waals surface area contributed by atoms with Gasteiger partial charge in [-0.15, -0.1) is 0 Å². The minimum absolute atomic E-state index is 0.609. The molecular formula is C14H16F2N2. The van der Waals surface area contributed by atoms with Crippen LogP contribution in [0, 0.1) is 5.92 Å². The third-order valence-corrected chi connectivity index (χ3v) is 2.73. The van der Waals surface area contributed by atoms with Crippen molar-refractivity contribution in [1.82, 2.24) is 9.78 Å². The first-order valence-electron chi connectivity index (χ1n) is 5.98. The number of benzene rings is 1.